The van der Waals surface area contributed by atoms with E-state index >= 15 is 0 Å². The van der Waals surface area contributed by atoms with Crippen molar-refractivity contribution in [1.82, 2.24) is 10.2 Å². The number of likely N-dealkylation sites (N-methyl/N-ethyl adjacent to an activating group) is 1. The van der Waals surface area contributed by atoms with Crippen LogP contribution < -0.4 is 5.32 Å². The molecule has 1 aromatic carbocycles. The molecule has 3 nitrogen and oxygen atoms in total. The van der Waals surface area contributed by atoms with E-state index in [0.29, 0.717) is 6.54 Å². The van der Waals surface area contributed by atoms with Gasteiger partial charge in [-0.25, -0.2) is 4.39 Å². The fourth-order valence-electron chi connectivity index (χ4n) is 2.26. The molecule has 1 aromatic rings. The molecule has 1 amide bonds. The summed E-state index contributed by atoms with van der Waals surface area (Å²) in [5.74, 6) is -0.652. The van der Waals surface area contributed by atoms with Crippen LogP contribution in [0, 0.1) is 5.82 Å². The Bertz CT molecular complexity index is 402. The van der Waals surface area contributed by atoms with Gasteiger partial charge in [-0.15, -0.1) is 0 Å². The summed E-state index contributed by atoms with van der Waals surface area (Å²) >= 11 is 0. The van der Waals surface area contributed by atoms with E-state index in [0.717, 1.165) is 19.5 Å². The van der Waals surface area contributed by atoms with Crippen LogP contribution in [-0.2, 0) is 0 Å². The van der Waals surface area contributed by atoms with Crippen LogP contribution in [0.2, 0.25) is 0 Å². The molecule has 0 bridgehead atoms. The molecule has 4 heteroatoms. The number of hydrogen-bond acceptors (Lipinski definition) is 2. The Morgan fingerprint density at radius 1 is 1.53 bits per heavy atom. The summed E-state index contributed by atoms with van der Waals surface area (Å²) in [4.78, 5) is 14.0. The van der Waals surface area contributed by atoms with Gasteiger partial charge in [0.05, 0.1) is 5.56 Å². The highest BCUT2D eigenvalue weighted by Gasteiger charge is 2.27. The molecule has 1 atom stereocenters. The Morgan fingerprint density at radius 2 is 2.29 bits per heavy atom. The maximum atomic E-state index is 13.6. The van der Waals surface area contributed by atoms with E-state index in [-0.39, 0.29) is 17.5 Å². The van der Waals surface area contributed by atoms with E-state index in [9.17, 15) is 9.18 Å². The van der Waals surface area contributed by atoms with Crippen molar-refractivity contribution in [3.63, 3.8) is 0 Å². The minimum atomic E-state index is -0.443. The summed E-state index contributed by atoms with van der Waals surface area (Å²) in [5.41, 5.74) is 0.168. The maximum absolute atomic E-state index is 13.6. The molecule has 0 radical (unpaired) electrons. The van der Waals surface area contributed by atoms with Gasteiger partial charge in [0, 0.05) is 19.1 Å². The zero-order valence-corrected chi connectivity index (χ0v) is 9.95. The number of amides is 1. The highest BCUT2D eigenvalue weighted by molar-refractivity contribution is 5.94. The zero-order chi connectivity index (χ0) is 12.3. The summed E-state index contributed by atoms with van der Waals surface area (Å²) in [5, 5.41) is 3.22. The number of nitrogens with one attached hydrogen (secondary N) is 1. The molecule has 1 heterocycles. The van der Waals surface area contributed by atoms with E-state index in [1.165, 1.54) is 6.07 Å². The minimum absolute atomic E-state index is 0.168. The number of hydrogen-bond donors (Lipinski definition) is 1. The normalized spacial score (nSPS) is 19.3. The van der Waals surface area contributed by atoms with Crippen molar-refractivity contribution in [2.45, 2.75) is 19.4 Å². The van der Waals surface area contributed by atoms with Gasteiger partial charge in [0.25, 0.3) is 5.91 Å². The Hall–Kier alpha value is -1.42. The minimum Gasteiger partial charge on any atom is -0.335 e. The second-order valence-corrected chi connectivity index (χ2v) is 4.22. The fourth-order valence-corrected chi connectivity index (χ4v) is 2.26. The van der Waals surface area contributed by atoms with Crippen molar-refractivity contribution in [2.24, 2.45) is 0 Å². The van der Waals surface area contributed by atoms with Crippen molar-refractivity contribution < 1.29 is 9.18 Å². The van der Waals surface area contributed by atoms with Gasteiger partial charge in [0.2, 0.25) is 0 Å². The highest BCUT2D eigenvalue weighted by atomic mass is 19.1. The number of carbonyl (C=O) groups is 1. The Balaban J connectivity index is 2.20. The summed E-state index contributed by atoms with van der Waals surface area (Å²) in [6, 6.07) is 6.35. The second-order valence-electron chi connectivity index (χ2n) is 4.22. The lowest BCUT2D eigenvalue weighted by atomic mass is 10.1. The topological polar surface area (TPSA) is 32.3 Å². The smallest absolute Gasteiger partial charge is 0.257 e. The SMILES string of the molecule is CCN(C(=O)c1ccccc1F)C1CCNC1. The Morgan fingerprint density at radius 3 is 2.88 bits per heavy atom. The van der Waals surface area contributed by atoms with Crippen molar-refractivity contribution >= 4 is 5.91 Å². The lowest BCUT2D eigenvalue weighted by Gasteiger charge is -2.27. The summed E-state index contributed by atoms with van der Waals surface area (Å²) in [6.45, 7) is 4.26. The summed E-state index contributed by atoms with van der Waals surface area (Å²) in [7, 11) is 0. The maximum Gasteiger partial charge on any atom is 0.257 e. The molecular formula is C13H17FN2O. The summed E-state index contributed by atoms with van der Waals surface area (Å²) in [6.07, 6.45) is 0.939. The molecular weight excluding hydrogens is 219 g/mol. The predicted molar refractivity (Wildman–Crippen MR) is 64.4 cm³/mol. The number of halogens is 1. The number of benzene rings is 1. The average molecular weight is 236 g/mol. The number of carbonyl (C=O) groups excluding carboxylic acids is 1. The highest BCUT2D eigenvalue weighted by Crippen LogP contribution is 2.15. The van der Waals surface area contributed by atoms with E-state index < -0.39 is 5.82 Å². The molecule has 1 N–H and O–H groups in total. The van der Waals surface area contributed by atoms with Crippen LogP contribution in [0.3, 0.4) is 0 Å². The van der Waals surface area contributed by atoms with Gasteiger partial charge < -0.3 is 10.2 Å². The van der Waals surface area contributed by atoms with Gasteiger partial charge in [-0.2, -0.15) is 0 Å². The van der Waals surface area contributed by atoms with Crippen molar-refractivity contribution in [3.05, 3.63) is 35.6 Å². The van der Waals surface area contributed by atoms with Crippen LogP contribution >= 0.6 is 0 Å². The fraction of sp³-hybridized carbons (Fsp3) is 0.462. The Labute approximate surface area is 101 Å². The number of nitrogens with zero attached hydrogens (tertiary/aromatic N) is 1. The van der Waals surface area contributed by atoms with Gasteiger partial charge in [0.1, 0.15) is 5.82 Å². The average Bonchev–Trinajstić information content (AvgIpc) is 2.84. The van der Waals surface area contributed by atoms with Crippen LogP contribution in [0.1, 0.15) is 23.7 Å². The van der Waals surface area contributed by atoms with Gasteiger partial charge in [-0.1, -0.05) is 12.1 Å². The first-order valence-corrected chi connectivity index (χ1v) is 6.00. The molecule has 2 rings (SSSR count). The Kier molecular flexibility index (Phi) is 3.74. The van der Waals surface area contributed by atoms with Crippen LogP contribution in [0.15, 0.2) is 24.3 Å². The monoisotopic (exact) mass is 236 g/mol. The number of rotatable bonds is 3. The lowest BCUT2D eigenvalue weighted by molar-refractivity contribution is 0.0699. The quantitative estimate of drug-likeness (QED) is 0.865. The molecule has 1 fully saturated rings. The van der Waals surface area contributed by atoms with Crippen LogP contribution in [0.5, 0.6) is 0 Å². The van der Waals surface area contributed by atoms with Crippen LogP contribution in [0.4, 0.5) is 4.39 Å². The van der Waals surface area contributed by atoms with Gasteiger partial charge in [-0.3, -0.25) is 4.79 Å². The molecule has 0 aliphatic carbocycles. The van der Waals surface area contributed by atoms with E-state index in [1.54, 1.807) is 23.1 Å². The van der Waals surface area contributed by atoms with Gasteiger partial charge >= 0.3 is 0 Å². The molecule has 1 aliphatic rings. The van der Waals surface area contributed by atoms with Crippen LogP contribution in [0.25, 0.3) is 0 Å². The molecule has 1 aliphatic heterocycles. The molecule has 17 heavy (non-hydrogen) atoms. The van der Waals surface area contributed by atoms with E-state index in [1.807, 2.05) is 6.92 Å². The lowest BCUT2D eigenvalue weighted by Crippen LogP contribution is -2.41. The summed E-state index contributed by atoms with van der Waals surface area (Å²) < 4.78 is 13.6. The molecule has 0 aromatic heterocycles. The molecule has 1 unspecified atom stereocenters. The largest absolute Gasteiger partial charge is 0.335 e. The third-order valence-corrected chi connectivity index (χ3v) is 3.18. The first-order chi connectivity index (χ1) is 8.24. The second kappa shape index (κ2) is 5.27. The zero-order valence-electron chi connectivity index (χ0n) is 9.95. The van der Waals surface area contributed by atoms with Gasteiger partial charge in [-0.05, 0) is 32.0 Å². The van der Waals surface area contributed by atoms with Crippen molar-refractivity contribution in [2.75, 3.05) is 19.6 Å². The molecule has 92 valence electrons. The first kappa shape index (κ1) is 12.0. The van der Waals surface area contributed by atoms with Crippen molar-refractivity contribution in [1.29, 1.82) is 0 Å². The van der Waals surface area contributed by atoms with E-state index in [4.69, 9.17) is 0 Å². The standard InChI is InChI=1S/C13H17FN2O/c1-2-16(10-7-8-15-9-10)13(17)11-5-3-4-6-12(11)14/h3-6,10,15H,2,7-9H2,1H3. The third-order valence-electron chi connectivity index (χ3n) is 3.18. The van der Waals surface area contributed by atoms with E-state index in [2.05, 4.69) is 5.32 Å². The molecule has 1 saturated heterocycles. The predicted octanol–water partition coefficient (Wildman–Crippen LogP) is 1.65. The van der Waals surface area contributed by atoms with Gasteiger partial charge in [0.15, 0.2) is 0 Å². The first-order valence-electron chi connectivity index (χ1n) is 6.00. The van der Waals surface area contributed by atoms with Crippen LogP contribution in [-0.4, -0.2) is 36.5 Å². The van der Waals surface area contributed by atoms with Crippen molar-refractivity contribution in [3.8, 4) is 0 Å². The molecule has 0 saturated carbocycles. The third kappa shape index (κ3) is 2.47. The molecule has 0 spiro atoms.